The summed E-state index contributed by atoms with van der Waals surface area (Å²) in [4.78, 5) is 4.58. The number of imidazole rings is 1. The Kier molecular flexibility index (Phi) is 2.80. The lowest BCUT2D eigenvalue weighted by Gasteiger charge is -2.00. The van der Waals surface area contributed by atoms with E-state index in [1.807, 2.05) is 47.1 Å². The van der Waals surface area contributed by atoms with Crippen LogP contribution in [0.25, 0.3) is 5.65 Å². The van der Waals surface area contributed by atoms with Crippen molar-refractivity contribution in [1.82, 2.24) is 9.38 Å². The van der Waals surface area contributed by atoms with Crippen molar-refractivity contribution < 1.29 is 0 Å². The molecule has 0 bridgehead atoms. The average molecular weight is 302 g/mol. The summed E-state index contributed by atoms with van der Waals surface area (Å²) >= 11 is 3.55. The SMILES string of the molecule is Nc1ccc2nc(Cc3ccccc3Br)cn2c1. The highest BCUT2D eigenvalue weighted by atomic mass is 79.9. The number of nitrogen functional groups attached to an aromatic ring is 1. The van der Waals surface area contributed by atoms with Crippen LogP contribution in [-0.2, 0) is 6.42 Å². The second kappa shape index (κ2) is 4.46. The summed E-state index contributed by atoms with van der Waals surface area (Å²) in [5.41, 5.74) is 9.68. The van der Waals surface area contributed by atoms with E-state index in [-0.39, 0.29) is 0 Å². The number of halogens is 1. The predicted molar refractivity (Wildman–Crippen MR) is 76.6 cm³/mol. The molecular formula is C14H12BrN3. The van der Waals surface area contributed by atoms with Gasteiger partial charge in [-0.25, -0.2) is 4.98 Å². The van der Waals surface area contributed by atoms with Crippen molar-refractivity contribution in [2.75, 3.05) is 5.73 Å². The van der Waals surface area contributed by atoms with Crippen molar-refractivity contribution in [3.8, 4) is 0 Å². The fourth-order valence-corrected chi connectivity index (χ4v) is 2.41. The quantitative estimate of drug-likeness (QED) is 0.789. The van der Waals surface area contributed by atoms with Gasteiger partial charge in [0.2, 0.25) is 0 Å². The van der Waals surface area contributed by atoms with Crippen molar-refractivity contribution in [2.45, 2.75) is 6.42 Å². The maximum absolute atomic E-state index is 5.75. The first-order valence-electron chi connectivity index (χ1n) is 5.69. The van der Waals surface area contributed by atoms with Gasteiger partial charge in [-0.05, 0) is 23.8 Å². The Morgan fingerprint density at radius 1 is 1.11 bits per heavy atom. The summed E-state index contributed by atoms with van der Waals surface area (Å²) in [6.07, 6.45) is 4.71. The summed E-state index contributed by atoms with van der Waals surface area (Å²) < 4.78 is 3.07. The Morgan fingerprint density at radius 3 is 2.78 bits per heavy atom. The van der Waals surface area contributed by atoms with E-state index in [4.69, 9.17) is 5.73 Å². The molecule has 0 aliphatic heterocycles. The third kappa shape index (κ3) is 2.11. The van der Waals surface area contributed by atoms with Crippen LogP contribution < -0.4 is 5.73 Å². The number of benzene rings is 1. The van der Waals surface area contributed by atoms with Gasteiger partial charge in [-0.3, -0.25) is 0 Å². The van der Waals surface area contributed by atoms with Crippen molar-refractivity contribution in [1.29, 1.82) is 0 Å². The second-order valence-electron chi connectivity index (χ2n) is 4.23. The predicted octanol–water partition coefficient (Wildman–Crippen LogP) is 3.27. The number of rotatable bonds is 2. The standard InChI is InChI=1S/C14H12BrN3/c15-13-4-2-1-3-10(13)7-12-9-18-8-11(16)5-6-14(18)17-12/h1-6,8-9H,7,16H2. The van der Waals surface area contributed by atoms with Crippen LogP contribution >= 0.6 is 15.9 Å². The molecule has 0 atom stereocenters. The second-order valence-corrected chi connectivity index (χ2v) is 5.08. The van der Waals surface area contributed by atoms with E-state index >= 15 is 0 Å². The fraction of sp³-hybridized carbons (Fsp3) is 0.0714. The molecule has 3 nitrogen and oxygen atoms in total. The third-order valence-electron chi connectivity index (χ3n) is 2.85. The molecule has 90 valence electrons. The molecular weight excluding hydrogens is 290 g/mol. The Balaban J connectivity index is 1.98. The molecule has 0 radical (unpaired) electrons. The van der Waals surface area contributed by atoms with E-state index in [1.54, 1.807) is 0 Å². The highest BCUT2D eigenvalue weighted by molar-refractivity contribution is 9.10. The first kappa shape index (κ1) is 11.3. The van der Waals surface area contributed by atoms with Gasteiger partial charge in [0.15, 0.2) is 0 Å². The Labute approximate surface area is 113 Å². The van der Waals surface area contributed by atoms with E-state index < -0.39 is 0 Å². The summed E-state index contributed by atoms with van der Waals surface area (Å²) in [5, 5.41) is 0. The Bertz CT molecular complexity index is 703. The fourth-order valence-electron chi connectivity index (χ4n) is 1.98. The van der Waals surface area contributed by atoms with Gasteiger partial charge in [0.25, 0.3) is 0 Å². The molecule has 0 spiro atoms. The van der Waals surface area contributed by atoms with Crippen molar-refractivity contribution >= 4 is 27.3 Å². The topological polar surface area (TPSA) is 43.3 Å². The van der Waals surface area contributed by atoms with Crippen LogP contribution in [0.2, 0.25) is 0 Å². The average Bonchev–Trinajstić information content (AvgIpc) is 2.73. The molecule has 0 aliphatic rings. The number of pyridine rings is 1. The smallest absolute Gasteiger partial charge is 0.137 e. The van der Waals surface area contributed by atoms with Crippen LogP contribution in [0.1, 0.15) is 11.3 Å². The van der Waals surface area contributed by atoms with E-state index in [2.05, 4.69) is 27.0 Å². The van der Waals surface area contributed by atoms with Crippen LogP contribution in [-0.4, -0.2) is 9.38 Å². The Morgan fingerprint density at radius 2 is 1.94 bits per heavy atom. The van der Waals surface area contributed by atoms with Crippen LogP contribution in [0.15, 0.2) is 53.3 Å². The molecule has 3 aromatic rings. The molecule has 18 heavy (non-hydrogen) atoms. The molecule has 4 heteroatoms. The minimum absolute atomic E-state index is 0.743. The van der Waals surface area contributed by atoms with Gasteiger partial charge in [-0.2, -0.15) is 0 Å². The zero-order chi connectivity index (χ0) is 12.5. The van der Waals surface area contributed by atoms with Crippen LogP contribution in [0.4, 0.5) is 5.69 Å². The van der Waals surface area contributed by atoms with Gasteiger partial charge in [-0.1, -0.05) is 34.1 Å². The van der Waals surface area contributed by atoms with E-state index in [1.165, 1.54) is 5.56 Å². The normalized spacial score (nSPS) is 10.9. The number of fused-ring (bicyclic) bond motifs is 1. The molecule has 0 amide bonds. The first-order chi connectivity index (χ1) is 8.72. The van der Waals surface area contributed by atoms with Crippen LogP contribution in [0, 0.1) is 0 Å². The summed E-state index contributed by atoms with van der Waals surface area (Å²) in [7, 11) is 0. The molecule has 2 aromatic heterocycles. The number of aromatic nitrogens is 2. The maximum Gasteiger partial charge on any atom is 0.137 e. The lowest BCUT2D eigenvalue weighted by molar-refractivity contribution is 1.10. The van der Waals surface area contributed by atoms with Crippen LogP contribution in [0.3, 0.4) is 0 Å². The van der Waals surface area contributed by atoms with Crippen LogP contribution in [0.5, 0.6) is 0 Å². The molecule has 0 aliphatic carbocycles. The van der Waals surface area contributed by atoms with E-state index in [0.29, 0.717) is 0 Å². The molecule has 0 unspecified atom stereocenters. The molecule has 2 N–H and O–H groups in total. The van der Waals surface area contributed by atoms with Gasteiger partial charge >= 0.3 is 0 Å². The largest absolute Gasteiger partial charge is 0.398 e. The molecule has 1 aromatic carbocycles. The third-order valence-corrected chi connectivity index (χ3v) is 3.63. The van der Waals surface area contributed by atoms with Gasteiger partial charge in [0.05, 0.1) is 5.69 Å². The van der Waals surface area contributed by atoms with Crippen molar-refractivity contribution in [2.24, 2.45) is 0 Å². The number of nitrogens with zero attached hydrogens (tertiary/aromatic N) is 2. The van der Waals surface area contributed by atoms with Crippen molar-refractivity contribution in [3.05, 3.63) is 64.5 Å². The minimum Gasteiger partial charge on any atom is -0.398 e. The molecule has 0 saturated carbocycles. The first-order valence-corrected chi connectivity index (χ1v) is 6.48. The lowest BCUT2D eigenvalue weighted by Crippen LogP contribution is -1.89. The molecule has 0 saturated heterocycles. The molecule has 3 rings (SSSR count). The zero-order valence-electron chi connectivity index (χ0n) is 9.68. The molecule has 0 fully saturated rings. The van der Waals surface area contributed by atoms with Gasteiger partial charge in [0.1, 0.15) is 5.65 Å². The summed E-state index contributed by atoms with van der Waals surface area (Å²) in [5.74, 6) is 0. The summed E-state index contributed by atoms with van der Waals surface area (Å²) in [6.45, 7) is 0. The van der Waals surface area contributed by atoms with E-state index in [0.717, 1.165) is 27.9 Å². The number of hydrogen-bond acceptors (Lipinski definition) is 2. The lowest BCUT2D eigenvalue weighted by atomic mass is 10.1. The highest BCUT2D eigenvalue weighted by Crippen LogP contribution is 2.19. The van der Waals surface area contributed by atoms with Crippen molar-refractivity contribution in [3.63, 3.8) is 0 Å². The van der Waals surface area contributed by atoms with E-state index in [9.17, 15) is 0 Å². The Hall–Kier alpha value is -1.81. The van der Waals surface area contributed by atoms with Gasteiger partial charge < -0.3 is 10.1 Å². The van der Waals surface area contributed by atoms with Gasteiger partial charge in [-0.15, -0.1) is 0 Å². The maximum atomic E-state index is 5.75. The zero-order valence-corrected chi connectivity index (χ0v) is 11.3. The summed E-state index contributed by atoms with van der Waals surface area (Å²) in [6, 6.07) is 12.0. The molecule has 2 heterocycles. The minimum atomic E-state index is 0.743. The number of nitrogens with two attached hydrogens (primary N) is 1. The number of anilines is 1. The van der Waals surface area contributed by atoms with Gasteiger partial charge in [0, 0.05) is 29.0 Å². The highest BCUT2D eigenvalue weighted by Gasteiger charge is 2.05. The number of hydrogen-bond donors (Lipinski definition) is 1. The monoisotopic (exact) mass is 301 g/mol.